The van der Waals surface area contributed by atoms with Gasteiger partial charge in [-0.2, -0.15) is 0 Å². The molecule has 94 valence electrons. The van der Waals surface area contributed by atoms with Crippen molar-refractivity contribution in [2.75, 3.05) is 0 Å². The number of hydrogen-bond donors (Lipinski definition) is 1. The first kappa shape index (κ1) is 11.5. The summed E-state index contributed by atoms with van der Waals surface area (Å²) in [7, 11) is 0. The molecular weight excluding hydrogens is 222 g/mol. The highest BCUT2D eigenvalue weighted by atomic mass is 16.3. The van der Waals surface area contributed by atoms with Gasteiger partial charge in [0.2, 0.25) is 0 Å². The molecule has 1 saturated carbocycles. The van der Waals surface area contributed by atoms with Crippen LogP contribution in [-0.2, 0) is 6.54 Å². The van der Waals surface area contributed by atoms with Gasteiger partial charge in [-0.3, -0.25) is 0 Å². The van der Waals surface area contributed by atoms with E-state index in [-0.39, 0.29) is 0 Å². The number of hydrogen-bond acceptors (Lipinski definition) is 2. The van der Waals surface area contributed by atoms with E-state index in [0.29, 0.717) is 0 Å². The van der Waals surface area contributed by atoms with Gasteiger partial charge in [-0.25, -0.2) is 0 Å². The molecule has 0 amide bonds. The van der Waals surface area contributed by atoms with Crippen LogP contribution in [0.25, 0.3) is 11.3 Å². The SMILES string of the molecule is Cc1cccc(-c2ccc(CNC3CC3)o2)c1C. The summed E-state index contributed by atoms with van der Waals surface area (Å²) in [4.78, 5) is 0. The van der Waals surface area contributed by atoms with Gasteiger partial charge in [0.05, 0.1) is 6.54 Å². The Labute approximate surface area is 108 Å². The molecule has 1 aromatic heterocycles. The standard InChI is InChI=1S/C16H19NO/c1-11-4-3-5-15(12(11)2)16-9-8-14(18-16)10-17-13-6-7-13/h3-5,8-9,13,17H,6-7,10H2,1-2H3. The third-order valence-electron chi connectivity index (χ3n) is 3.67. The summed E-state index contributed by atoms with van der Waals surface area (Å²) < 4.78 is 5.92. The van der Waals surface area contributed by atoms with E-state index in [0.717, 1.165) is 24.1 Å². The van der Waals surface area contributed by atoms with Crippen LogP contribution >= 0.6 is 0 Å². The van der Waals surface area contributed by atoms with Gasteiger partial charge in [0.1, 0.15) is 11.5 Å². The minimum Gasteiger partial charge on any atom is -0.460 e. The lowest BCUT2D eigenvalue weighted by atomic mass is 10.0. The van der Waals surface area contributed by atoms with E-state index >= 15 is 0 Å². The summed E-state index contributed by atoms with van der Waals surface area (Å²) in [5, 5.41) is 3.47. The molecule has 1 aromatic carbocycles. The Morgan fingerprint density at radius 3 is 2.78 bits per heavy atom. The summed E-state index contributed by atoms with van der Waals surface area (Å²) in [5.41, 5.74) is 3.81. The molecular formula is C16H19NO. The fourth-order valence-electron chi connectivity index (χ4n) is 2.17. The molecule has 0 saturated heterocycles. The summed E-state index contributed by atoms with van der Waals surface area (Å²) in [5.74, 6) is 2.00. The van der Waals surface area contributed by atoms with Crippen LogP contribution in [0.5, 0.6) is 0 Å². The minimum absolute atomic E-state index is 0.722. The van der Waals surface area contributed by atoms with Gasteiger partial charge < -0.3 is 9.73 Å². The van der Waals surface area contributed by atoms with Crippen molar-refractivity contribution in [1.82, 2.24) is 5.32 Å². The smallest absolute Gasteiger partial charge is 0.134 e. The first-order valence-electron chi connectivity index (χ1n) is 6.63. The molecule has 0 bridgehead atoms. The Kier molecular flexibility index (Phi) is 2.96. The number of rotatable bonds is 4. The normalized spacial score (nSPS) is 15.0. The van der Waals surface area contributed by atoms with Crippen LogP contribution < -0.4 is 5.32 Å². The number of furan rings is 1. The average Bonchev–Trinajstić information content (AvgIpc) is 3.08. The molecule has 2 heteroatoms. The molecule has 2 aromatic rings. The van der Waals surface area contributed by atoms with Crippen LogP contribution in [0.2, 0.25) is 0 Å². The van der Waals surface area contributed by atoms with Crippen molar-refractivity contribution in [3.8, 4) is 11.3 Å². The summed E-state index contributed by atoms with van der Waals surface area (Å²) in [6.07, 6.45) is 2.62. The zero-order valence-electron chi connectivity index (χ0n) is 11.0. The fourth-order valence-corrected chi connectivity index (χ4v) is 2.17. The Morgan fingerprint density at radius 1 is 1.17 bits per heavy atom. The maximum atomic E-state index is 5.92. The molecule has 3 rings (SSSR count). The lowest BCUT2D eigenvalue weighted by Gasteiger charge is -2.05. The molecule has 18 heavy (non-hydrogen) atoms. The molecule has 1 N–H and O–H groups in total. The summed E-state index contributed by atoms with van der Waals surface area (Å²) >= 11 is 0. The lowest BCUT2D eigenvalue weighted by Crippen LogP contribution is -2.14. The highest BCUT2D eigenvalue weighted by Gasteiger charge is 2.20. The Balaban J connectivity index is 1.80. The highest BCUT2D eigenvalue weighted by Crippen LogP contribution is 2.27. The third-order valence-corrected chi connectivity index (χ3v) is 3.67. The predicted octanol–water partition coefficient (Wildman–Crippen LogP) is 3.82. The van der Waals surface area contributed by atoms with Gasteiger partial charge in [-0.15, -0.1) is 0 Å². The van der Waals surface area contributed by atoms with Crippen molar-refractivity contribution in [2.24, 2.45) is 0 Å². The lowest BCUT2D eigenvalue weighted by molar-refractivity contribution is 0.492. The first-order valence-corrected chi connectivity index (χ1v) is 6.63. The van der Waals surface area contributed by atoms with Crippen LogP contribution in [0.15, 0.2) is 34.7 Å². The second-order valence-electron chi connectivity index (χ2n) is 5.17. The van der Waals surface area contributed by atoms with Gasteiger partial charge in [-0.05, 0) is 49.9 Å². The van der Waals surface area contributed by atoms with Gasteiger partial charge in [0, 0.05) is 11.6 Å². The van der Waals surface area contributed by atoms with Crippen LogP contribution in [0.1, 0.15) is 29.7 Å². The number of benzene rings is 1. The zero-order chi connectivity index (χ0) is 12.5. The highest BCUT2D eigenvalue weighted by molar-refractivity contribution is 5.63. The third kappa shape index (κ3) is 2.34. The molecule has 0 unspecified atom stereocenters. The molecule has 0 spiro atoms. The topological polar surface area (TPSA) is 25.2 Å². The zero-order valence-corrected chi connectivity index (χ0v) is 11.0. The predicted molar refractivity (Wildman–Crippen MR) is 73.5 cm³/mol. The van der Waals surface area contributed by atoms with Crippen LogP contribution in [0.4, 0.5) is 0 Å². The van der Waals surface area contributed by atoms with Gasteiger partial charge in [-0.1, -0.05) is 18.2 Å². The number of nitrogens with one attached hydrogen (secondary N) is 1. The first-order chi connectivity index (χ1) is 8.74. The molecule has 0 atom stereocenters. The molecule has 2 nitrogen and oxygen atoms in total. The van der Waals surface area contributed by atoms with Gasteiger partial charge in [0.15, 0.2) is 0 Å². The molecule has 1 fully saturated rings. The molecule has 1 aliphatic carbocycles. The molecule has 0 radical (unpaired) electrons. The second-order valence-corrected chi connectivity index (χ2v) is 5.17. The quantitative estimate of drug-likeness (QED) is 0.880. The van der Waals surface area contributed by atoms with Crippen molar-refractivity contribution in [1.29, 1.82) is 0 Å². The summed E-state index contributed by atoms with van der Waals surface area (Å²) in [6, 6.07) is 11.2. The van der Waals surface area contributed by atoms with Crippen molar-refractivity contribution in [3.63, 3.8) is 0 Å². The van der Waals surface area contributed by atoms with E-state index < -0.39 is 0 Å². The Morgan fingerprint density at radius 2 is 2.00 bits per heavy atom. The van der Waals surface area contributed by atoms with Crippen molar-refractivity contribution >= 4 is 0 Å². The van der Waals surface area contributed by atoms with Gasteiger partial charge >= 0.3 is 0 Å². The maximum Gasteiger partial charge on any atom is 0.134 e. The van der Waals surface area contributed by atoms with E-state index in [9.17, 15) is 0 Å². The van der Waals surface area contributed by atoms with E-state index in [1.807, 2.05) is 0 Å². The fraction of sp³-hybridized carbons (Fsp3) is 0.375. The van der Waals surface area contributed by atoms with Crippen LogP contribution in [-0.4, -0.2) is 6.04 Å². The summed E-state index contributed by atoms with van der Waals surface area (Å²) in [6.45, 7) is 5.13. The largest absolute Gasteiger partial charge is 0.460 e. The minimum atomic E-state index is 0.722. The molecule has 0 aliphatic heterocycles. The average molecular weight is 241 g/mol. The van der Waals surface area contributed by atoms with Crippen LogP contribution in [0.3, 0.4) is 0 Å². The van der Waals surface area contributed by atoms with E-state index in [1.165, 1.54) is 29.5 Å². The van der Waals surface area contributed by atoms with E-state index in [2.05, 4.69) is 49.5 Å². The molecule has 1 aliphatic rings. The monoisotopic (exact) mass is 241 g/mol. The van der Waals surface area contributed by atoms with Crippen molar-refractivity contribution in [2.45, 2.75) is 39.3 Å². The number of aryl methyl sites for hydroxylation is 1. The second kappa shape index (κ2) is 4.62. The van der Waals surface area contributed by atoms with Crippen LogP contribution in [0, 0.1) is 13.8 Å². The van der Waals surface area contributed by atoms with E-state index in [1.54, 1.807) is 0 Å². The maximum absolute atomic E-state index is 5.92. The Hall–Kier alpha value is -1.54. The van der Waals surface area contributed by atoms with Crippen molar-refractivity contribution in [3.05, 3.63) is 47.2 Å². The molecule has 1 heterocycles. The Bertz CT molecular complexity index is 552. The van der Waals surface area contributed by atoms with E-state index in [4.69, 9.17) is 4.42 Å². The van der Waals surface area contributed by atoms with Gasteiger partial charge in [0.25, 0.3) is 0 Å². The van der Waals surface area contributed by atoms with Crippen molar-refractivity contribution < 1.29 is 4.42 Å².